The Hall–Kier alpha value is -0.620. The Balaban J connectivity index is 2.86. The van der Waals surface area contributed by atoms with Crippen LogP contribution in [0, 0.1) is 11.3 Å². The summed E-state index contributed by atoms with van der Waals surface area (Å²) in [6.45, 7) is 0. The van der Waals surface area contributed by atoms with E-state index in [9.17, 15) is 4.39 Å². The predicted molar refractivity (Wildman–Crippen MR) is 22.0 cm³/mol. The summed E-state index contributed by atoms with van der Waals surface area (Å²) in [5.74, 6) is 0. The molecule has 0 fully saturated rings. The maximum atomic E-state index is 11.3. The molecule has 40 valence electrons. The summed E-state index contributed by atoms with van der Waals surface area (Å²) >= 11 is 0. The highest BCUT2D eigenvalue weighted by atomic mass is 19.1. The van der Waals surface area contributed by atoms with Gasteiger partial charge in [0, 0.05) is 12.8 Å². The lowest BCUT2D eigenvalue weighted by atomic mass is 10.3. The standard InChI is InChI=1S/C4H6FNO/c5-4(7)2-1-3-6/h4,7H,1-2H2. The van der Waals surface area contributed by atoms with Crippen molar-refractivity contribution in [1.82, 2.24) is 0 Å². The van der Waals surface area contributed by atoms with E-state index in [1.54, 1.807) is 6.07 Å². The van der Waals surface area contributed by atoms with E-state index in [4.69, 9.17) is 10.4 Å². The van der Waals surface area contributed by atoms with Crippen LogP contribution in [-0.4, -0.2) is 11.5 Å². The highest BCUT2D eigenvalue weighted by molar-refractivity contribution is 4.68. The van der Waals surface area contributed by atoms with Crippen molar-refractivity contribution in [2.75, 3.05) is 0 Å². The lowest BCUT2D eigenvalue weighted by Crippen LogP contribution is -1.94. The van der Waals surface area contributed by atoms with Gasteiger partial charge in [-0.05, 0) is 0 Å². The maximum Gasteiger partial charge on any atom is 0.197 e. The van der Waals surface area contributed by atoms with Crippen LogP contribution in [0.2, 0.25) is 0 Å². The van der Waals surface area contributed by atoms with Crippen LogP contribution in [0.5, 0.6) is 0 Å². The second-order valence-corrected chi connectivity index (χ2v) is 1.13. The zero-order valence-corrected chi connectivity index (χ0v) is 3.76. The van der Waals surface area contributed by atoms with Gasteiger partial charge >= 0.3 is 0 Å². The average Bonchev–Trinajstić information content (AvgIpc) is 1.61. The van der Waals surface area contributed by atoms with Crippen molar-refractivity contribution >= 4 is 0 Å². The van der Waals surface area contributed by atoms with Gasteiger partial charge in [0.1, 0.15) is 0 Å². The molecule has 0 aromatic heterocycles. The van der Waals surface area contributed by atoms with Gasteiger partial charge in [0.25, 0.3) is 0 Å². The summed E-state index contributed by atoms with van der Waals surface area (Å²) in [5, 5.41) is 15.7. The fraction of sp³-hybridized carbons (Fsp3) is 0.750. The molecule has 0 saturated carbocycles. The van der Waals surface area contributed by atoms with Gasteiger partial charge in [-0.3, -0.25) is 0 Å². The Kier molecular flexibility index (Phi) is 3.25. The number of nitrogens with zero attached hydrogens (tertiary/aromatic N) is 1. The summed E-state index contributed by atoms with van der Waals surface area (Å²) in [6, 6.07) is 1.70. The van der Waals surface area contributed by atoms with Crippen LogP contribution >= 0.6 is 0 Å². The molecular formula is C4H6FNO. The van der Waals surface area contributed by atoms with Gasteiger partial charge in [-0.1, -0.05) is 0 Å². The molecule has 0 aliphatic heterocycles. The van der Waals surface area contributed by atoms with Crippen LogP contribution in [0.3, 0.4) is 0 Å². The van der Waals surface area contributed by atoms with Crippen molar-refractivity contribution < 1.29 is 9.50 Å². The minimum atomic E-state index is -1.82. The molecule has 0 aromatic rings. The summed E-state index contributed by atoms with van der Waals surface area (Å²) < 4.78 is 11.3. The quantitative estimate of drug-likeness (QED) is 0.555. The number of aliphatic hydroxyl groups is 1. The SMILES string of the molecule is N#CCCC(O)F. The molecule has 1 N–H and O–H groups in total. The van der Waals surface area contributed by atoms with Crippen molar-refractivity contribution in [3.05, 3.63) is 0 Å². The van der Waals surface area contributed by atoms with Crippen molar-refractivity contribution in [2.45, 2.75) is 19.2 Å². The van der Waals surface area contributed by atoms with Crippen molar-refractivity contribution in [2.24, 2.45) is 0 Å². The third-order valence-electron chi connectivity index (χ3n) is 0.494. The first-order valence-electron chi connectivity index (χ1n) is 1.96. The number of hydrogen-bond acceptors (Lipinski definition) is 2. The van der Waals surface area contributed by atoms with E-state index >= 15 is 0 Å². The first kappa shape index (κ1) is 6.38. The number of rotatable bonds is 2. The normalized spacial score (nSPS) is 12.7. The molecule has 0 radical (unpaired) electrons. The fourth-order valence-electron chi connectivity index (χ4n) is 0.184. The van der Waals surface area contributed by atoms with Gasteiger partial charge in [-0.15, -0.1) is 0 Å². The van der Waals surface area contributed by atoms with Gasteiger partial charge < -0.3 is 5.11 Å². The largest absolute Gasteiger partial charge is 0.364 e. The van der Waals surface area contributed by atoms with E-state index in [2.05, 4.69) is 0 Å². The van der Waals surface area contributed by atoms with Crippen LogP contribution in [0.1, 0.15) is 12.8 Å². The monoisotopic (exact) mass is 103 g/mol. The Bertz CT molecular complexity index is 76.2. The Morgan fingerprint density at radius 1 is 1.86 bits per heavy atom. The minimum Gasteiger partial charge on any atom is -0.364 e. The van der Waals surface area contributed by atoms with Crippen LogP contribution in [0.15, 0.2) is 0 Å². The van der Waals surface area contributed by atoms with E-state index < -0.39 is 6.36 Å². The molecule has 0 amide bonds. The van der Waals surface area contributed by atoms with E-state index in [0.29, 0.717) is 0 Å². The number of hydrogen-bond donors (Lipinski definition) is 1. The van der Waals surface area contributed by atoms with E-state index in [1.165, 1.54) is 0 Å². The molecule has 0 saturated heterocycles. The molecule has 0 aromatic carbocycles. The smallest absolute Gasteiger partial charge is 0.197 e. The third kappa shape index (κ3) is 5.38. The molecule has 0 heterocycles. The Labute approximate surface area is 41.2 Å². The summed E-state index contributed by atoms with van der Waals surface area (Å²) in [6.07, 6.45) is -1.81. The van der Waals surface area contributed by atoms with Crippen molar-refractivity contribution in [1.29, 1.82) is 5.26 Å². The van der Waals surface area contributed by atoms with E-state index in [0.717, 1.165) is 0 Å². The predicted octanol–water partition coefficient (Wildman–Crippen LogP) is 0.578. The van der Waals surface area contributed by atoms with Gasteiger partial charge in [0.15, 0.2) is 6.36 Å². The Morgan fingerprint density at radius 3 is 2.57 bits per heavy atom. The van der Waals surface area contributed by atoms with Crippen molar-refractivity contribution in [3.63, 3.8) is 0 Å². The summed E-state index contributed by atoms with van der Waals surface area (Å²) in [7, 11) is 0. The van der Waals surface area contributed by atoms with Crippen molar-refractivity contribution in [3.8, 4) is 6.07 Å². The molecule has 0 aliphatic rings. The molecule has 7 heavy (non-hydrogen) atoms. The molecule has 0 bridgehead atoms. The summed E-state index contributed by atoms with van der Waals surface area (Å²) in [5.41, 5.74) is 0. The highest BCUT2D eigenvalue weighted by Gasteiger charge is 1.95. The zero-order chi connectivity index (χ0) is 5.70. The molecular weight excluding hydrogens is 97.0 g/mol. The lowest BCUT2D eigenvalue weighted by molar-refractivity contribution is 0.0359. The number of alkyl halides is 1. The molecule has 0 aliphatic carbocycles. The molecule has 0 spiro atoms. The van der Waals surface area contributed by atoms with Gasteiger partial charge in [0.05, 0.1) is 6.07 Å². The zero-order valence-electron chi connectivity index (χ0n) is 3.76. The van der Waals surface area contributed by atoms with Gasteiger partial charge in [0.2, 0.25) is 0 Å². The highest BCUT2D eigenvalue weighted by Crippen LogP contribution is 1.94. The minimum absolute atomic E-state index is 0.0729. The van der Waals surface area contributed by atoms with E-state index in [-0.39, 0.29) is 12.8 Å². The topological polar surface area (TPSA) is 44.0 Å². The Morgan fingerprint density at radius 2 is 2.43 bits per heavy atom. The first-order valence-corrected chi connectivity index (χ1v) is 1.96. The van der Waals surface area contributed by atoms with Crippen LogP contribution < -0.4 is 0 Å². The molecule has 2 nitrogen and oxygen atoms in total. The number of aliphatic hydroxyl groups excluding tert-OH is 1. The first-order chi connectivity index (χ1) is 3.27. The summed E-state index contributed by atoms with van der Waals surface area (Å²) in [4.78, 5) is 0. The molecule has 0 rings (SSSR count). The number of halogens is 1. The van der Waals surface area contributed by atoms with Gasteiger partial charge in [-0.2, -0.15) is 5.26 Å². The molecule has 1 atom stereocenters. The number of nitriles is 1. The maximum absolute atomic E-state index is 11.3. The fourth-order valence-corrected chi connectivity index (χ4v) is 0.184. The van der Waals surface area contributed by atoms with Crippen LogP contribution in [0.4, 0.5) is 4.39 Å². The van der Waals surface area contributed by atoms with Gasteiger partial charge in [-0.25, -0.2) is 4.39 Å². The third-order valence-corrected chi connectivity index (χ3v) is 0.494. The second-order valence-electron chi connectivity index (χ2n) is 1.13. The lowest BCUT2D eigenvalue weighted by Gasteiger charge is -1.90. The van der Waals surface area contributed by atoms with Crippen LogP contribution in [-0.2, 0) is 0 Å². The average molecular weight is 103 g/mol. The van der Waals surface area contributed by atoms with E-state index in [1.807, 2.05) is 0 Å². The second kappa shape index (κ2) is 3.57. The molecule has 1 unspecified atom stereocenters. The van der Waals surface area contributed by atoms with Crippen LogP contribution in [0.25, 0.3) is 0 Å². The molecule has 3 heteroatoms.